The van der Waals surface area contributed by atoms with E-state index in [2.05, 4.69) is 20.2 Å². The summed E-state index contributed by atoms with van der Waals surface area (Å²) in [6.45, 7) is 13.0. The molecule has 18 nitrogen and oxygen atoms in total. The van der Waals surface area contributed by atoms with Gasteiger partial charge in [0.2, 0.25) is 23.1 Å². The van der Waals surface area contributed by atoms with Crippen LogP contribution in [0.5, 0.6) is 0 Å². The van der Waals surface area contributed by atoms with Crippen LogP contribution in [0, 0.1) is 13.8 Å². The lowest BCUT2D eigenvalue weighted by Crippen LogP contribution is -2.43. The predicted molar refractivity (Wildman–Crippen MR) is 215 cm³/mol. The number of fused-ring (bicyclic) bond motifs is 2. The van der Waals surface area contributed by atoms with Crippen molar-refractivity contribution in [2.24, 2.45) is 35.5 Å². The van der Waals surface area contributed by atoms with Gasteiger partial charge in [-0.3, -0.25) is 28.5 Å². The van der Waals surface area contributed by atoms with Crippen molar-refractivity contribution in [1.82, 2.24) is 37.8 Å². The van der Waals surface area contributed by atoms with Crippen LogP contribution in [-0.4, -0.2) is 86.9 Å². The molecule has 58 heavy (non-hydrogen) atoms. The van der Waals surface area contributed by atoms with Gasteiger partial charge in [-0.05, 0) is 90.1 Å². The number of benzene rings is 2. The Kier molecular flexibility index (Phi) is 12.1. The van der Waals surface area contributed by atoms with Gasteiger partial charge in [-0.25, -0.2) is 0 Å². The Labute approximate surface area is 334 Å². The largest absolute Gasteiger partial charge is 0.374 e. The quantitative estimate of drug-likeness (QED) is 0.157. The third kappa shape index (κ3) is 7.92. The fraction of sp³-hybridized carbons (Fsp3) is 0.400. The van der Waals surface area contributed by atoms with Gasteiger partial charge >= 0.3 is 0 Å². The topological polar surface area (TPSA) is 219 Å². The van der Waals surface area contributed by atoms with Gasteiger partial charge in [0, 0.05) is 51.5 Å². The number of ether oxygens (including phenoxy) is 2. The summed E-state index contributed by atoms with van der Waals surface area (Å²) in [5.41, 5.74) is 17.1. The third-order valence-corrected chi connectivity index (χ3v) is 10.1. The molecule has 0 aliphatic heterocycles. The molecule has 4 amide bonds. The van der Waals surface area contributed by atoms with Crippen LogP contribution in [0.15, 0.2) is 58.5 Å². The number of hydrogen-bond donors (Lipinski definition) is 2. The van der Waals surface area contributed by atoms with E-state index in [-0.39, 0.29) is 13.1 Å². The summed E-state index contributed by atoms with van der Waals surface area (Å²) in [5.74, 6) is -2.19. The monoisotopic (exact) mass is 794 g/mol. The Morgan fingerprint density at radius 2 is 1.00 bits per heavy atom. The SMILES string of the molecule is CCOC(Cn1/c(=N/C(=O)c2cc(C)nn2CC)n(C)c2cc(C(N)=O)ccc21)C(Cn1/c(=N/C(=O)c2cc(C)nn2CC)n(C)c2cc(C(N)=O)ccc21)OCC. The maximum atomic E-state index is 13.9. The van der Waals surface area contributed by atoms with Crippen LogP contribution >= 0.6 is 0 Å². The number of rotatable bonds is 15. The maximum absolute atomic E-state index is 13.9. The molecule has 4 heterocycles. The molecule has 0 saturated heterocycles. The number of carbonyl (C=O) groups is 4. The Hall–Kier alpha value is -6.40. The number of aryl methyl sites for hydroxylation is 6. The molecular weight excluding hydrogens is 745 g/mol. The summed E-state index contributed by atoms with van der Waals surface area (Å²) >= 11 is 0. The zero-order valence-electron chi connectivity index (χ0n) is 34.1. The minimum absolute atomic E-state index is 0.154. The van der Waals surface area contributed by atoms with Crippen molar-refractivity contribution in [3.05, 3.63) is 93.7 Å². The number of hydrogen-bond acceptors (Lipinski definition) is 8. The number of nitrogens with two attached hydrogens (primary N) is 2. The van der Waals surface area contributed by atoms with Crippen LogP contribution in [0.3, 0.4) is 0 Å². The van der Waals surface area contributed by atoms with Crippen LogP contribution in [-0.2, 0) is 49.7 Å². The van der Waals surface area contributed by atoms with Crippen molar-refractivity contribution in [2.45, 2.75) is 79.9 Å². The summed E-state index contributed by atoms with van der Waals surface area (Å²) in [6, 6.07) is 13.5. The number of primary amides is 2. The fourth-order valence-electron chi connectivity index (χ4n) is 7.33. The molecule has 0 fully saturated rings. The van der Waals surface area contributed by atoms with Gasteiger partial charge in [-0.1, -0.05) is 0 Å². The minimum Gasteiger partial charge on any atom is -0.374 e. The smallest absolute Gasteiger partial charge is 0.298 e. The molecule has 2 unspecified atom stereocenters. The molecule has 0 saturated carbocycles. The van der Waals surface area contributed by atoms with Crippen molar-refractivity contribution in [3.63, 3.8) is 0 Å². The average molecular weight is 795 g/mol. The van der Waals surface area contributed by atoms with Gasteiger partial charge in [-0.15, -0.1) is 0 Å². The Morgan fingerprint density at radius 1 is 0.621 bits per heavy atom. The normalized spacial score (nSPS) is 13.5. The number of carbonyl (C=O) groups excluding carboxylic acids is 4. The molecule has 0 aliphatic rings. The van der Waals surface area contributed by atoms with Gasteiger partial charge in [0.05, 0.1) is 46.5 Å². The zero-order chi connectivity index (χ0) is 42.0. The highest BCUT2D eigenvalue weighted by molar-refractivity contribution is 5.98. The lowest BCUT2D eigenvalue weighted by atomic mass is 10.1. The van der Waals surface area contributed by atoms with E-state index in [0.29, 0.717) is 93.5 Å². The predicted octanol–water partition coefficient (Wildman–Crippen LogP) is 2.51. The first kappa shape index (κ1) is 41.2. The molecule has 4 N–H and O–H groups in total. The van der Waals surface area contributed by atoms with Crippen molar-refractivity contribution in [3.8, 4) is 0 Å². The van der Waals surface area contributed by atoms with E-state index in [9.17, 15) is 19.2 Å². The van der Waals surface area contributed by atoms with Crippen LogP contribution in [0.25, 0.3) is 22.1 Å². The van der Waals surface area contributed by atoms with Crippen molar-refractivity contribution in [1.29, 1.82) is 0 Å². The number of amides is 4. The van der Waals surface area contributed by atoms with E-state index in [0.717, 1.165) is 0 Å². The molecule has 6 aromatic rings. The Bertz CT molecular complexity index is 2520. The van der Waals surface area contributed by atoms with E-state index < -0.39 is 35.8 Å². The van der Waals surface area contributed by atoms with Gasteiger partial charge in [0.1, 0.15) is 23.6 Å². The summed E-state index contributed by atoms with van der Waals surface area (Å²) in [4.78, 5) is 61.5. The molecule has 0 bridgehead atoms. The lowest BCUT2D eigenvalue weighted by Gasteiger charge is -2.28. The summed E-state index contributed by atoms with van der Waals surface area (Å²) in [7, 11) is 3.52. The van der Waals surface area contributed by atoms with E-state index in [1.165, 1.54) is 0 Å². The molecule has 4 aromatic heterocycles. The van der Waals surface area contributed by atoms with Crippen LogP contribution in [0.2, 0.25) is 0 Å². The molecule has 0 aliphatic carbocycles. The second-order valence-electron chi connectivity index (χ2n) is 13.9. The average Bonchev–Trinajstić information content (AvgIpc) is 3.92. The minimum atomic E-state index is -0.663. The van der Waals surface area contributed by atoms with Crippen LogP contribution in [0.1, 0.15) is 80.8 Å². The first-order valence-corrected chi connectivity index (χ1v) is 19.2. The van der Waals surface area contributed by atoms with E-state index >= 15 is 0 Å². The molecule has 2 aromatic carbocycles. The van der Waals surface area contributed by atoms with Crippen molar-refractivity contribution >= 4 is 45.7 Å². The fourth-order valence-corrected chi connectivity index (χ4v) is 7.33. The molecule has 0 spiro atoms. The van der Waals surface area contributed by atoms with Gasteiger partial charge in [0.25, 0.3) is 11.8 Å². The van der Waals surface area contributed by atoms with Crippen LogP contribution < -0.4 is 22.7 Å². The van der Waals surface area contributed by atoms with Gasteiger partial charge in [0.15, 0.2) is 0 Å². The highest BCUT2D eigenvalue weighted by Gasteiger charge is 2.28. The molecular formula is C40H50N12O6. The number of aromatic nitrogens is 8. The van der Waals surface area contributed by atoms with Crippen molar-refractivity contribution < 1.29 is 28.7 Å². The zero-order valence-corrected chi connectivity index (χ0v) is 34.1. The summed E-state index contributed by atoms with van der Waals surface area (Å²) in [6.07, 6.45) is -1.33. The van der Waals surface area contributed by atoms with Gasteiger partial charge in [-0.2, -0.15) is 20.2 Å². The summed E-state index contributed by atoms with van der Waals surface area (Å²) in [5, 5.41) is 8.86. The first-order valence-electron chi connectivity index (χ1n) is 19.2. The highest BCUT2D eigenvalue weighted by Crippen LogP contribution is 2.21. The Morgan fingerprint density at radius 3 is 1.33 bits per heavy atom. The maximum Gasteiger partial charge on any atom is 0.298 e. The van der Waals surface area contributed by atoms with Crippen LogP contribution in [0.4, 0.5) is 0 Å². The highest BCUT2D eigenvalue weighted by atomic mass is 16.5. The van der Waals surface area contributed by atoms with E-state index in [1.807, 2.05) is 50.7 Å². The summed E-state index contributed by atoms with van der Waals surface area (Å²) < 4.78 is 23.3. The molecule has 306 valence electrons. The lowest BCUT2D eigenvalue weighted by molar-refractivity contribution is -0.0800. The van der Waals surface area contributed by atoms with E-state index in [4.69, 9.17) is 20.9 Å². The Balaban J connectivity index is 1.52. The number of imidazole rings is 2. The van der Waals surface area contributed by atoms with Crippen molar-refractivity contribution in [2.75, 3.05) is 13.2 Å². The van der Waals surface area contributed by atoms with E-state index in [1.54, 1.807) is 81.1 Å². The van der Waals surface area contributed by atoms with Gasteiger partial charge < -0.3 is 39.2 Å². The third-order valence-electron chi connectivity index (χ3n) is 10.1. The second kappa shape index (κ2) is 17.0. The number of nitrogens with zero attached hydrogens (tertiary/aromatic N) is 10. The molecule has 18 heteroatoms. The second-order valence-corrected chi connectivity index (χ2v) is 13.9. The molecule has 6 rings (SSSR count). The molecule has 2 atom stereocenters. The molecule has 0 radical (unpaired) electrons. The standard InChI is InChI=1S/C40H50N12O6/c1-9-51-31(17-23(5)45-51)37(55)43-39-47(7)29-19-25(35(41)53)13-15-27(29)49(39)21-33(57-11-3)34(58-12-4)22-50-28-16-14-26(36(42)54)20-30(28)48(8)40(50)44-38(56)32-18-24(6)46-52(32)10-2/h13-20,33-34H,9-12,21-22H2,1-8H3,(H2,41,53)(H2,42,54)/b43-39+,44-40+. The first-order chi connectivity index (χ1) is 27.7.